The number of hydrogen-bond donors (Lipinski definition) is 4. The molecule has 2 aromatic heterocycles. The minimum absolute atomic E-state index is 0.0334. The van der Waals surface area contributed by atoms with Crippen molar-refractivity contribution in [1.82, 2.24) is 9.97 Å². The Balaban J connectivity index is 0.967. The van der Waals surface area contributed by atoms with Gasteiger partial charge in [0.25, 0.3) is 11.8 Å². The molecule has 0 radical (unpaired) electrons. The number of phenolic OH excluding ortho intramolecular Hbond substituents is 2. The molecule has 0 spiro atoms. The van der Waals surface area contributed by atoms with Crippen molar-refractivity contribution in [3.8, 4) is 22.6 Å². The van der Waals surface area contributed by atoms with Crippen molar-refractivity contribution in [2.45, 2.75) is 24.7 Å². The fourth-order valence-electron chi connectivity index (χ4n) is 8.35. The van der Waals surface area contributed by atoms with E-state index in [2.05, 4.69) is 19.4 Å². The monoisotopic (exact) mass is 906 g/mol. The van der Waals surface area contributed by atoms with Crippen molar-refractivity contribution in [2.24, 2.45) is 0 Å². The largest absolute Gasteiger partial charge is 0.506 e. The average Bonchev–Trinajstić information content (AvgIpc) is 4.06. The minimum Gasteiger partial charge on any atom is -0.506 e. The molecule has 0 aliphatic carbocycles. The molecule has 0 bridgehead atoms. The number of anilines is 2. The number of nitrogens with one attached hydrogen (secondary N) is 2. The first-order valence-electron chi connectivity index (χ1n) is 19.2. The number of phenols is 2. The maximum Gasteiger partial charge on any atom is 0.432 e. The number of aromatic nitrogens is 2. The van der Waals surface area contributed by atoms with E-state index in [0.717, 1.165) is 31.4 Å². The van der Waals surface area contributed by atoms with E-state index in [-0.39, 0.29) is 69.7 Å². The van der Waals surface area contributed by atoms with Crippen LogP contribution in [0.1, 0.15) is 60.3 Å². The Morgan fingerprint density at radius 1 is 0.719 bits per heavy atom. The Labute approximate surface area is 362 Å². The molecule has 4 aromatic carbocycles. The van der Waals surface area contributed by atoms with Gasteiger partial charge in [-0.2, -0.15) is 26.3 Å². The lowest BCUT2D eigenvalue weighted by molar-refractivity contribution is -0.141. The number of carbonyl (C=O) groups is 4. The van der Waals surface area contributed by atoms with Crippen LogP contribution in [0.4, 0.5) is 37.7 Å². The van der Waals surface area contributed by atoms with Crippen LogP contribution in [0.5, 0.6) is 11.5 Å². The average molecular weight is 907 g/mol. The number of methoxy groups -OCH3 is 2. The topological polar surface area (TPSA) is 165 Å². The van der Waals surface area contributed by atoms with Gasteiger partial charge < -0.3 is 39.5 Å². The van der Waals surface area contributed by atoms with Gasteiger partial charge in [0, 0.05) is 59.9 Å². The van der Waals surface area contributed by atoms with Crippen LogP contribution in [0.15, 0.2) is 72.8 Å². The van der Waals surface area contributed by atoms with E-state index in [4.69, 9.17) is 11.6 Å². The highest BCUT2D eigenvalue weighted by Crippen LogP contribution is 2.50. The normalized spacial score (nSPS) is 15.2. The van der Waals surface area contributed by atoms with E-state index >= 15 is 0 Å². The van der Waals surface area contributed by atoms with Crippen LogP contribution < -0.4 is 9.80 Å². The van der Waals surface area contributed by atoms with Crippen molar-refractivity contribution in [1.29, 1.82) is 0 Å². The molecule has 2 aliphatic rings. The summed E-state index contributed by atoms with van der Waals surface area (Å²) in [6.07, 6.45) is -4.17. The number of halogens is 7. The lowest BCUT2D eigenvalue weighted by atomic mass is 9.95. The molecule has 12 nitrogen and oxygen atoms in total. The van der Waals surface area contributed by atoms with Gasteiger partial charge in [-0.25, -0.2) is 9.59 Å². The summed E-state index contributed by atoms with van der Waals surface area (Å²) in [4.78, 5) is 58.9. The molecule has 0 saturated heterocycles. The molecule has 0 unspecified atom stereocenters. The molecule has 1 atom stereocenters. The number of nitrogens with zero attached hydrogens (tertiary/aromatic N) is 2. The van der Waals surface area contributed by atoms with Crippen molar-refractivity contribution in [2.75, 3.05) is 43.0 Å². The summed E-state index contributed by atoms with van der Waals surface area (Å²) in [5.41, 5.74) is -1.35. The number of ether oxygens (including phenoxy) is 2. The van der Waals surface area contributed by atoms with E-state index in [0.29, 0.717) is 11.1 Å². The molecular weight excluding hydrogens is 874 g/mol. The van der Waals surface area contributed by atoms with Crippen LogP contribution in [-0.2, 0) is 37.8 Å². The molecular formula is C45H33ClF6N4O8. The van der Waals surface area contributed by atoms with Crippen LogP contribution in [0.2, 0.25) is 0 Å². The van der Waals surface area contributed by atoms with Crippen LogP contribution in [0.3, 0.4) is 0 Å². The maximum absolute atomic E-state index is 14.0. The quantitative estimate of drug-likeness (QED) is 0.0508. The minimum atomic E-state index is -4.99. The van der Waals surface area contributed by atoms with Crippen molar-refractivity contribution >= 4 is 80.7 Å². The van der Waals surface area contributed by atoms with Crippen LogP contribution in [-0.4, -0.2) is 77.1 Å². The number of carbonyl (C=O) groups excluding carboxylic acids is 4. The molecule has 2 aliphatic heterocycles. The molecule has 2 amide bonds. The van der Waals surface area contributed by atoms with E-state index < -0.39 is 76.0 Å². The number of fused-ring (bicyclic) bond motifs is 6. The van der Waals surface area contributed by atoms with Gasteiger partial charge in [-0.05, 0) is 52.0 Å². The molecule has 0 fully saturated rings. The molecule has 4 heterocycles. The summed E-state index contributed by atoms with van der Waals surface area (Å²) in [5.74, 6) is -5.56. The molecule has 0 saturated carbocycles. The molecule has 330 valence electrons. The number of aromatic hydroxyl groups is 2. The molecule has 4 N–H and O–H groups in total. The third kappa shape index (κ3) is 7.46. The van der Waals surface area contributed by atoms with Crippen molar-refractivity contribution in [3.05, 3.63) is 118 Å². The highest BCUT2D eigenvalue weighted by atomic mass is 35.5. The zero-order chi connectivity index (χ0) is 46.0. The zero-order valence-corrected chi connectivity index (χ0v) is 34.1. The Kier molecular flexibility index (Phi) is 11.0. The first-order valence-corrected chi connectivity index (χ1v) is 19.8. The van der Waals surface area contributed by atoms with E-state index in [1.54, 1.807) is 36.4 Å². The number of esters is 2. The SMILES string of the molecule is COC(=O)c1c(C(F)(F)F)[nH]c2c(O)cc3c(c12)CCN3C(=O)/C=C/c1ccc(-c2ccc(/C=C/C(=O)N3C[C@@H](CCl)c4c3cc(O)c3[nH]c(C(F)(F)F)c(C(=O)OC)c43)cc2)cc1. The first-order chi connectivity index (χ1) is 30.4. The second-order valence-electron chi connectivity index (χ2n) is 14.9. The predicted octanol–water partition coefficient (Wildman–Crippen LogP) is 9.32. The van der Waals surface area contributed by atoms with Crippen LogP contribution >= 0.6 is 11.6 Å². The predicted molar refractivity (Wildman–Crippen MR) is 224 cm³/mol. The second-order valence-corrected chi connectivity index (χ2v) is 15.2. The number of aromatic amines is 2. The molecule has 64 heavy (non-hydrogen) atoms. The number of rotatable bonds is 8. The maximum atomic E-state index is 14.0. The van der Waals surface area contributed by atoms with Crippen molar-refractivity contribution < 1.29 is 65.2 Å². The van der Waals surface area contributed by atoms with Crippen molar-refractivity contribution in [3.63, 3.8) is 0 Å². The standard InChI is InChI=1S/C45H33ClF6N4O8/c1-63-42(61)36-34-26-15-16-55(27(26)17-29(57)38(34)53-40(36)44(47,48)49)31(59)13-7-21-3-9-23(10-4-21)24-11-5-22(6-12-24)8-14-32(60)56-20-25(19-46)33-28(56)18-30(58)39-35(33)37(43(62)64-2)41(54-39)45(50,51)52/h3-14,17-18,25,53-54,57-58H,15-16,19-20H2,1-2H3/b13-7+,14-8+/t25-/m1/s1. The van der Waals surface area contributed by atoms with Gasteiger partial charge in [0.15, 0.2) is 0 Å². The zero-order valence-electron chi connectivity index (χ0n) is 33.4. The van der Waals surface area contributed by atoms with Crippen LogP contribution in [0, 0.1) is 0 Å². The lowest BCUT2D eigenvalue weighted by Crippen LogP contribution is -2.28. The molecule has 6 aromatic rings. The Bertz CT molecular complexity index is 2970. The van der Waals surface area contributed by atoms with Gasteiger partial charge >= 0.3 is 24.3 Å². The van der Waals surface area contributed by atoms with Gasteiger partial charge in [-0.3, -0.25) is 9.59 Å². The summed E-state index contributed by atoms with van der Waals surface area (Å²) in [5, 5.41) is 21.1. The second kappa shape index (κ2) is 16.2. The highest BCUT2D eigenvalue weighted by molar-refractivity contribution is 6.20. The summed E-state index contributed by atoms with van der Waals surface area (Å²) in [6.45, 7) is 0.0494. The summed E-state index contributed by atoms with van der Waals surface area (Å²) >= 11 is 6.24. The Hall–Kier alpha value is -7.21. The lowest BCUT2D eigenvalue weighted by Gasteiger charge is -2.16. The van der Waals surface area contributed by atoms with E-state index in [1.165, 1.54) is 28.0 Å². The summed E-state index contributed by atoms with van der Waals surface area (Å²) in [6, 6.07) is 16.6. The third-order valence-electron chi connectivity index (χ3n) is 11.2. The highest BCUT2D eigenvalue weighted by Gasteiger charge is 2.44. The van der Waals surface area contributed by atoms with Gasteiger partial charge in [0.2, 0.25) is 0 Å². The van der Waals surface area contributed by atoms with Gasteiger partial charge in [0.1, 0.15) is 22.9 Å². The van der Waals surface area contributed by atoms with Crippen LogP contribution in [0.25, 0.3) is 45.1 Å². The summed E-state index contributed by atoms with van der Waals surface area (Å²) < 4.78 is 92.9. The fourth-order valence-corrected chi connectivity index (χ4v) is 8.61. The van der Waals surface area contributed by atoms with E-state index in [9.17, 15) is 55.7 Å². The van der Waals surface area contributed by atoms with Gasteiger partial charge in [-0.15, -0.1) is 11.6 Å². The molecule has 19 heteroatoms. The smallest absolute Gasteiger partial charge is 0.432 e. The molecule has 8 rings (SSSR count). The summed E-state index contributed by atoms with van der Waals surface area (Å²) in [7, 11) is 1.88. The fraction of sp³-hybridized carbons (Fsp3) is 0.200. The van der Waals surface area contributed by atoms with Gasteiger partial charge in [-0.1, -0.05) is 48.5 Å². The number of amides is 2. The number of benzene rings is 4. The number of hydrogen-bond acceptors (Lipinski definition) is 8. The Morgan fingerprint density at radius 2 is 1.17 bits per heavy atom. The first kappa shape index (κ1) is 43.4. The van der Waals surface area contributed by atoms with Gasteiger partial charge in [0.05, 0.1) is 47.8 Å². The third-order valence-corrected chi connectivity index (χ3v) is 11.6. The van der Waals surface area contributed by atoms with E-state index in [1.807, 2.05) is 24.3 Å². The number of H-pyrrole nitrogens is 2. The Morgan fingerprint density at radius 3 is 1.64 bits per heavy atom. The number of alkyl halides is 7.